The first-order chi connectivity index (χ1) is 8.22. The molecule has 0 saturated heterocycles. The van der Waals surface area contributed by atoms with Crippen molar-refractivity contribution >= 4 is 5.91 Å². The number of phenols is 1. The van der Waals surface area contributed by atoms with E-state index in [1.54, 1.807) is 18.2 Å². The van der Waals surface area contributed by atoms with Crippen LogP contribution in [-0.4, -0.2) is 35.9 Å². The summed E-state index contributed by atoms with van der Waals surface area (Å²) < 4.78 is 5.37. The second-order valence-electron chi connectivity index (χ2n) is 3.58. The quantitative estimate of drug-likeness (QED) is 0.602. The normalized spacial score (nSPS) is 10.2. The van der Waals surface area contributed by atoms with Gasteiger partial charge in [-0.3, -0.25) is 4.79 Å². The Hall–Kier alpha value is -1.59. The molecule has 0 atom stereocenters. The summed E-state index contributed by atoms with van der Waals surface area (Å²) in [6.45, 7) is 0.952. The zero-order valence-corrected chi connectivity index (χ0v) is 9.56. The number of amides is 1. The Morgan fingerprint density at radius 2 is 2.24 bits per heavy atom. The van der Waals surface area contributed by atoms with Crippen LogP contribution in [0.4, 0.5) is 0 Å². The second-order valence-corrected chi connectivity index (χ2v) is 3.58. The van der Waals surface area contributed by atoms with Crippen LogP contribution in [0.2, 0.25) is 0 Å². The van der Waals surface area contributed by atoms with Crippen molar-refractivity contribution in [2.24, 2.45) is 0 Å². The molecule has 3 N–H and O–H groups in total. The maximum Gasteiger partial charge on any atom is 0.245 e. The number of aliphatic hydroxyl groups excluding tert-OH is 1. The Morgan fingerprint density at radius 3 is 2.94 bits per heavy atom. The van der Waals surface area contributed by atoms with E-state index < -0.39 is 6.61 Å². The van der Waals surface area contributed by atoms with Crippen LogP contribution in [0.15, 0.2) is 24.3 Å². The van der Waals surface area contributed by atoms with E-state index in [0.29, 0.717) is 26.2 Å². The van der Waals surface area contributed by atoms with Gasteiger partial charge in [-0.1, -0.05) is 12.1 Å². The number of hydrogen-bond acceptors (Lipinski definition) is 4. The number of aromatic hydroxyl groups is 1. The Labute approximate surface area is 100 Å². The molecule has 1 aromatic rings. The fraction of sp³-hybridized carbons (Fsp3) is 0.417. The molecule has 0 radical (unpaired) electrons. The van der Waals surface area contributed by atoms with Crippen LogP contribution in [-0.2, 0) is 16.1 Å². The van der Waals surface area contributed by atoms with E-state index in [4.69, 9.17) is 9.84 Å². The SMILES string of the molecule is O=C(CO)NCCCOCc1cccc(O)c1. The minimum atomic E-state index is -0.482. The van der Waals surface area contributed by atoms with Crippen molar-refractivity contribution in [3.8, 4) is 5.75 Å². The molecule has 17 heavy (non-hydrogen) atoms. The fourth-order valence-corrected chi connectivity index (χ4v) is 1.29. The van der Waals surface area contributed by atoms with Crippen LogP contribution in [0.25, 0.3) is 0 Å². The average Bonchev–Trinajstić information content (AvgIpc) is 2.33. The van der Waals surface area contributed by atoms with Gasteiger partial charge in [0.15, 0.2) is 0 Å². The molecule has 0 bridgehead atoms. The highest BCUT2D eigenvalue weighted by molar-refractivity contribution is 5.76. The second kappa shape index (κ2) is 7.65. The Balaban J connectivity index is 2.06. The largest absolute Gasteiger partial charge is 0.508 e. The summed E-state index contributed by atoms with van der Waals surface area (Å²) in [6.07, 6.45) is 0.685. The fourth-order valence-electron chi connectivity index (χ4n) is 1.29. The summed E-state index contributed by atoms with van der Waals surface area (Å²) in [5.74, 6) is -0.153. The number of benzene rings is 1. The molecular formula is C12H17NO4. The molecule has 0 heterocycles. The molecule has 1 aromatic carbocycles. The molecular weight excluding hydrogens is 222 g/mol. The first-order valence-corrected chi connectivity index (χ1v) is 5.45. The van der Waals surface area contributed by atoms with E-state index in [1.165, 1.54) is 0 Å². The van der Waals surface area contributed by atoms with Gasteiger partial charge in [-0.15, -0.1) is 0 Å². The van der Waals surface area contributed by atoms with Crippen molar-refractivity contribution in [2.75, 3.05) is 19.8 Å². The highest BCUT2D eigenvalue weighted by atomic mass is 16.5. The number of ether oxygens (including phenoxy) is 1. The Bertz CT molecular complexity index is 354. The molecule has 5 heteroatoms. The maximum atomic E-state index is 10.7. The van der Waals surface area contributed by atoms with Gasteiger partial charge < -0.3 is 20.3 Å². The van der Waals surface area contributed by atoms with Gasteiger partial charge in [0.05, 0.1) is 6.61 Å². The van der Waals surface area contributed by atoms with Crippen molar-refractivity contribution in [1.82, 2.24) is 5.32 Å². The summed E-state index contributed by atoms with van der Waals surface area (Å²) in [5, 5.41) is 20.2. The maximum absolute atomic E-state index is 10.7. The summed E-state index contributed by atoms with van der Waals surface area (Å²) in [4.78, 5) is 10.7. The summed E-state index contributed by atoms with van der Waals surface area (Å²) in [7, 11) is 0. The van der Waals surface area contributed by atoms with Gasteiger partial charge in [0.1, 0.15) is 12.4 Å². The lowest BCUT2D eigenvalue weighted by Crippen LogP contribution is -2.27. The van der Waals surface area contributed by atoms with Gasteiger partial charge in [-0.05, 0) is 24.1 Å². The molecule has 94 valence electrons. The number of aliphatic hydroxyl groups is 1. The van der Waals surface area contributed by atoms with Gasteiger partial charge in [0, 0.05) is 13.2 Å². The third-order valence-corrected chi connectivity index (χ3v) is 2.11. The zero-order chi connectivity index (χ0) is 12.5. The molecule has 0 aromatic heterocycles. The topological polar surface area (TPSA) is 78.8 Å². The van der Waals surface area contributed by atoms with Crippen LogP contribution in [0.1, 0.15) is 12.0 Å². The van der Waals surface area contributed by atoms with Gasteiger partial charge >= 0.3 is 0 Å². The molecule has 5 nitrogen and oxygen atoms in total. The lowest BCUT2D eigenvalue weighted by Gasteiger charge is -2.05. The lowest BCUT2D eigenvalue weighted by molar-refractivity contribution is -0.123. The molecule has 0 saturated carbocycles. The third-order valence-electron chi connectivity index (χ3n) is 2.11. The van der Waals surface area contributed by atoms with Crippen molar-refractivity contribution < 1.29 is 19.7 Å². The van der Waals surface area contributed by atoms with Crippen molar-refractivity contribution in [1.29, 1.82) is 0 Å². The van der Waals surface area contributed by atoms with E-state index in [2.05, 4.69) is 5.32 Å². The summed E-state index contributed by atoms with van der Waals surface area (Å²) >= 11 is 0. The smallest absolute Gasteiger partial charge is 0.245 e. The number of carbonyl (C=O) groups is 1. The third kappa shape index (κ3) is 5.89. The van der Waals surface area contributed by atoms with Crippen LogP contribution in [0.3, 0.4) is 0 Å². The molecule has 0 aliphatic carbocycles. The monoisotopic (exact) mass is 239 g/mol. The first-order valence-electron chi connectivity index (χ1n) is 5.45. The van der Waals surface area contributed by atoms with Crippen LogP contribution >= 0.6 is 0 Å². The molecule has 1 amide bonds. The molecule has 0 spiro atoms. The van der Waals surface area contributed by atoms with Gasteiger partial charge in [-0.2, -0.15) is 0 Å². The van der Waals surface area contributed by atoms with Gasteiger partial charge in [0.2, 0.25) is 5.91 Å². The van der Waals surface area contributed by atoms with Gasteiger partial charge in [-0.25, -0.2) is 0 Å². The average molecular weight is 239 g/mol. The van der Waals surface area contributed by atoms with E-state index in [0.717, 1.165) is 5.56 Å². The van der Waals surface area contributed by atoms with E-state index in [1.807, 2.05) is 6.07 Å². The van der Waals surface area contributed by atoms with Gasteiger partial charge in [0.25, 0.3) is 0 Å². The first kappa shape index (κ1) is 13.5. The summed E-state index contributed by atoms with van der Waals surface area (Å²) in [5.41, 5.74) is 0.907. The molecule has 0 aliphatic heterocycles. The van der Waals surface area contributed by atoms with Crippen molar-refractivity contribution in [2.45, 2.75) is 13.0 Å². The number of nitrogens with one attached hydrogen (secondary N) is 1. The van der Waals surface area contributed by atoms with E-state index in [9.17, 15) is 9.90 Å². The lowest BCUT2D eigenvalue weighted by atomic mass is 10.2. The summed E-state index contributed by atoms with van der Waals surface area (Å²) in [6, 6.07) is 6.88. The predicted octanol–water partition coefficient (Wildman–Crippen LogP) is 0.407. The highest BCUT2D eigenvalue weighted by Crippen LogP contribution is 2.11. The van der Waals surface area contributed by atoms with Crippen molar-refractivity contribution in [3.63, 3.8) is 0 Å². The molecule has 0 aliphatic rings. The van der Waals surface area contributed by atoms with E-state index in [-0.39, 0.29) is 11.7 Å². The predicted molar refractivity (Wildman–Crippen MR) is 62.5 cm³/mol. The molecule has 1 rings (SSSR count). The molecule has 0 unspecified atom stereocenters. The minimum Gasteiger partial charge on any atom is -0.508 e. The van der Waals surface area contributed by atoms with Crippen molar-refractivity contribution in [3.05, 3.63) is 29.8 Å². The van der Waals surface area contributed by atoms with E-state index >= 15 is 0 Å². The highest BCUT2D eigenvalue weighted by Gasteiger charge is 1.97. The minimum absolute atomic E-state index is 0.223. The Morgan fingerprint density at radius 1 is 1.41 bits per heavy atom. The molecule has 0 fully saturated rings. The number of carbonyl (C=O) groups excluding carboxylic acids is 1. The number of phenolic OH excluding ortho intramolecular Hbond substituents is 1. The number of hydrogen-bond donors (Lipinski definition) is 3. The van der Waals surface area contributed by atoms with Crippen LogP contribution < -0.4 is 5.32 Å². The van der Waals surface area contributed by atoms with Crippen LogP contribution in [0.5, 0.6) is 5.75 Å². The van der Waals surface area contributed by atoms with Crippen LogP contribution in [0, 0.1) is 0 Å². The standard InChI is InChI=1S/C12H17NO4/c14-8-12(16)13-5-2-6-17-9-10-3-1-4-11(15)7-10/h1,3-4,7,14-15H,2,5-6,8-9H2,(H,13,16). The number of rotatable bonds is 7. The Kier molecular flexibility index (Phi) is 6.06. The zero-order valence-electron chi connectivity index (χ0n) is 9.56.